The van der Waals surface area contributed by atoms with E-state index < -0.39 is 0 Å². The fraction of sp³-hybridized carbons (Fsp3) is 0.222. The zero-order valence-electron chi connectivity index (χ0n) is 13.0. The Morgan fingerprint density at radius 1 is 1.14 bits per heavy atom. The molecule has 0 atom stereocenters. The van der Waals surface area contributed by atoms with Crippen molar-refractivity contribution >= 4 is 12.2 Å². The Hall–Kier alpha value is -2.62. The standard InChI is InChI=1S/C16H14N4.C2H6/c17-14-7-2-1-6-13(14)15-10-12-5-3-4-11-8-9-18-16(19-15)20(11)12;1-2/h2-5,7-10H,1,6,17H2;1-2H3. The molecule has 0 amide bonds. The molecule has 4 aliphatic rings. The minimum absolute atomic E-state index is 0.713. The predicted molar refractivity (Wildman–Crippen MR) is 92.1 cm³/mol. The number of allylic oxidation sites excluding steroid dienone is 8. The maximum Gasteiger partial charge on any atom is 0.235 e. The van der Waals surface area contributed by atoms with Crippen LogP contribution in [0.15, 0.2) is 80.9 Å². The Morgan fingerprint density at radius 3 is 2.82 bits per heavy atom. The highest BCUT2D eigenvalue weighted by molar-refractivity contribution is 5.99. The molecule has 4 nitrogen and oxygen atoms in total. The summed E-state index contributed by atoms with van der Waals surface area (Å²) in [6.45, 7) is 4.00. The van der Waals surface area contributed by atoms with Crippen molar-refractivity contribution in [2.75, 3.05) is 0 Å². The normalized spacial score (nSPS) is 21.3. The van der Waals surface area contributed by atoms with Gasteiger partial charge in [0.15, 0.2) is 0 Å². The number of rotatable bonds is 1. The lowest BCUT2D eigenvalue weighted by atomic mass is 9.97. The number of nitrogens with zero attached hydrogens (tertiary/aromatic N) is 3. The van der Waals surface area contributed by atoms with Gasteiger partial charge in [-0.05, 0) is 43.2 Å². The third kappa shape index (κ3) is 2.37. The van der Waals surface area contributed by atoms with Gasteiger partial charge in [-0.2, -0.15) is 0 Å². The lowest BCUT2D eigenvalue weighted by Crippen LogP contribution is -2.33. The van der Waals surface area contributed by atoms with Gasteiger partial charge >= 0.3 is 0 Å². The van der Waals surface area contributed by atoms with Crippen molar-refractivity contribution in [3.05, 3.63) is 70.9 Å². The van der Waals surface area contributed by atoms with Gasteiger partial charge in [-0.1, -0.05) is 26.0 Å². The fourth-order valence-electron chi connectivity index (χ4n) is 2.73. The second kappa shape index (κ2) is 6.02. The lowest BCUT2D eigenvalue weighted by molar-refractivity contribution is 0.641. The third-order valence-electron chi connectivity index (χ3n) is 3.71. The van der Waals surface area contributed by atoms with Gasteiger partial charge in [-0.3, -0.25) is 4.90 Å². The molecule has 4 rings (SSSR count). The smallest absolute Gasteiger partial charge is 0.235 e. The summed E-state index contributed by atoms with van der Waals surface area (Å²) in [6, 6.07) is 0. The molecule has 0 radical (unpaired) electrons. The van der Waals surface area contributed by atoms with E-state index in [1.165, 1.54) is 0 Å². The third-order valence-corrected chi connectivity index (χ3v) is 3.71. The van der Waals surface area contributed by atoms with Crippen molar-refractivity contribution in [1.82, 2.24) is 4.90 Å². The maximum atomic E-state index is 6.09. The van der Waals surface area contributed by atoms with E-state index >= 15 is 0 Å². The number of hydrogen-bond acceptors (Lipinski definition) is 4. The zero-order chi connectivity index (χ0) is 15.5. The van der Waals surface area contributed by atoms with E-state index in [0.29, 0.717) is 5.96 Å². The van der Waals surface area contributed by atoms with Crippen LogP contribution in [0, 0.1) is 0 Å². The van der Waals surface area contributed by atoms with Gasteiger partial charge in [0.2, 0.25) is 5.96 Å². The molecule has 22 heavy (non-hydrogen) atoms. The topological polar surface area (TPSA) is 54.0 Å². The highest BCUT2D eigenvalue weighted by Gasteiger charge is 2.27. The van der Waals surface area contributed by atoms with Gasteiger partial charge in [0.1, 0.15) is 0 Å². The van der Waals surface area contributed by atoms with Crippen LogP contribution in [0.3, 0.4) is 0 Å². The number of hydrogen-bond donors (Lipinski definition) is 1. The quantitative estimate of drug-likeness (QED) is 0.803. The first-order chi connectivity index (χ1) is 10.8. The van der Waals surface area contributed by atoms with Gasteiger partial charge in [0.05, 0.1) is 17.1 Å². The average molecular weight is 292 g/mol. The summed E-state index contributed by atoms with van der Waals surface area (Å²) in [5, 5.41) is 0. The highest BCUT2D eigenvalue weighted by atomic mass is 15.3. The molecule has 0 spiro atoms. The molecule has 0 aromatic rings. The molecule has 0 bridgehead atoms. The maximum absolute atomic E-state index is 6.09. The summed E-state index contributed by atoms with van der Waals surface area (Å²) < 4.78 is 0. The van der Waals surface area contributed by atoms with Crippen molar-refractivity contribution in [3.8, 4) is 0 Å². The Morgan fingerprint density at radius 2 is 2.00 bits per heavy atom. The number of aliphatic imine (C=N–C) groups is 2. The zero-order valence-corrected chi connectivity index (χ0v) is 13.0. The van der Waals surface area contributed by atoms with E-state index in [1.54, 1.807) is 6.21 Å². The monoisotopic (exact) mass is 292 g/mol. The second-order valence-electron chi connectivity index (χ2n) is 4.97. The Kier molecular flexibility index (Phi) is 3.92. The molecule has 3 aliphatic heterocycles. The van der Waals surface area contributed by atoms with Crippen LogP contribution >= 0.6 is 0 Å². The second-order valence-corrected chi connectivity index (χ2v) is 4.97. The number of guanidine groups is 1. The number of nitrogens with two attached hydrogens (primary N) is 1. The lowest BCUT2D eigenvalue weighted by Gasteiger charge is -2.33. The molecule has 0 unspecified atom stereocenters. The van der Waals surface area contributed by atoms with Crippen LogP contribution in [0.2, 0.25) is 0 Å². The molecule has 0 saturated carbocycles. The van der Waals surface area contributed by atoms with Crippen molar-refractivity contribution in [3.63, 3.8) is 0 Å². The van der Waals surface area contributed by atoms with E-state index in [9.17, 15) is 0 Å². The van der Waals surface area contributed by atoms with Crippen molar-refractivity contribution in [2.45, 2.75) is 26.7 Å². The Bertz CT molecular complexity index is 722. The van der Waals surface area contributed by atoms with Gasteiger partial charge < -0.3 is 5.73 Å². The largest absolute Gasteiger partial charge is 0.398 e. The molecule has 1 aliphatic carbocycles. The first kappa shape index (κ1) is 14.3. The molecular weight excluding hydrogens is 272 g/mol. The van der Waals surface area contributed by atoms with Gasteiger partial charge in [-0.25, -0.2) is 9.98 Å². The van der Waals surface area contributed by atoms with E-state index in [-0.39, 0.29) is 0 Å². The van der Waals surface area contributed by atoms with Gasteiger partial charge in [0, 0.05) is 17.5 Å². The average Bonchev–Trinajstić information content (AvgIpc) is 2.57. The molecule has 2 N–H and O–H groups in total. The minimum Gasteiger partial charge on any atom is -0.398 e. The van der Waals surface area contributed by atoms with Crippen molar-refractivity contribution in [2.24, 2.45) is 15.7 Å². The van der Waals surface area contributed by atoms with Gasteiger partial charge in [0.25, 0.3) is 0 Å². The molecule has 0 aromatic heterocycles. The SMILES string of the molecule is CC.NC1=C(C2=CC3=CC=CC4=CC=NC(=N2)N43)CCC=C1. The predicted octanol–water partition coefficient (Wildman–Crippen LogP) is 3.55. The molecular formula is C18H20N4. The molecule has 0 saturated heterocycles. The van der Waals surface area contributed by atoms with Crippen LogP contribution in [-0.2, 0) is 0 Å². The van der Waals surface area contributed by atoms with Crippen LogP contribution in [-0.4, -0.2) is 17.1 Å². The first-order valence-electron chi connectivity index (χ1n) is 7.72. The Balaban J connectivity index is 0.000000693. The highest BCUT2D eigenvalue weighted by Crippen LogP contribution is 2.33. The van der Waals surface area contributed by atoms with Crippen molar-refractivity contribution in [1.29, 1.82) is 0 Å². The molecule has 112 valence electrons. The van der Waals surface area contributed by atoms with E-state index in [0.717, 1.165) is 41.2 Å². The summed E-state index contributed by atoms with van der Waals surface area (Å²) in [4.78, 5) is 11.1. The molecule has 0 fully saturated rings. The van der Waals surface area contributed by atoms with E-state index in [2.05, 4.69) is 39.2 Å². The van der Waals surface area contributed by atoms with Crippen LogP contribution in [0.25, 0.3) is 0 Å². The minimum atomic E-state index is 0.713. The van der Waals surface area contributed by atoms with Crippen LogP contribution < -0.4 is 5.73 Å². The van der Waals surface area contributed by atoms with Crippen LogP contribution in [0.4, 0.5) is 0 Å². The summed E-state index contributed by atoms with van der Waals surface area (Å²) in [7, 11) is 0. The fourth-order valence-corrected chi connectivity index (χ4v) is 2.73. The molecule has 0 aromatic carbocycles. The van der Waals surface area contributed by atoms with Crippen molar-refractivity contribution < 1.29 is 0 Å². The molecule has 3 heterocycles. The van der Waals surface area contributed by atoms with Gasteiger partial charge in [-0.15, -0.1) is 0 Å². The van der Waals surface area contributed by atoms with Crippen LogP contribution in [0.5, 0.6) is 0 Å². The summed E-state index contributed by atoms with van der Waals surface area (Å²) in [6.07, 6.45) is 18.0. The first-order valence-corrected chi connectivity index (χ1v) is 7.72. The molecule has 4 heteroatoms. The Labute approximate surface area is 131 Å². The summed E-state index contributed by atoms with van der Waals surface area (Å²) >= 11 is 0. The summed E-state index contributed by atoms with van der Waals surface area (Å²) in [5.74, 6) is 0.713. The van der Waals surface area contributed by atoms with E-state index in [1.807, 2.05) is 32.1 Å². The van der Waals surface area contributed by atoms with E-state index in [4.69, 9.17) is 5.73 Å². The van der Waals surface area contributed by atoms with Crippen LogP contribution in [0.1, 0.15) is 26.7 Å². The summed E-state index contributed by atoms with van der Waals surface area (Å²) in [5.41, 5.74) is 11.1.